The van der Waals surface area contributed by atoms with Crippen LogP contribution in [0.5, 0.6) is 0 Å². The van der Waals surface area contributed by atoms with E-state index in [1.54, 1.807) is 0 Å². The zero-order chi connectivity index (χ0) is 14.7. The molecule has 3 fully saturated rings. The molecule has 3 saturated carbocycles. The maximum Gasteiger partial charge on any atom is 0.130 e. The maximum atomic E-state index is 12.1. The predicted molar refractivity (Wildman–Crippen MR) is 82.7 cm³/mol. The molecule has 0 unspecified atom stereocenters. The van der Waals surface area contributed by atoms with Crippen LogP contribution in [0.15, 0.2) is 11.6 Å². The number of aliphatic hydroxyl groups excluding tert-OH is 1. The Labute approximate surface area is 128 Å². The van der Waals surface area contributed by atoms with Crippen molar-refractivity contribution in [2.45, 2.75) is 70.8 Å². The lowest BCUT2D eigenvalue weighted by Gasteiger charge is -2.57. The van der Waals surface area contributed by atoms with Crippen LogP contribution >= 0.6 is 0 Å². The number of hydrogen-bond acceptors (Lipinski definition) is 2. The lowest BCUT2D eigenvalue weighted by molar-refractivity contribution is -0.127. The van der Waals surface area contributed by atoms with E-state index in [0.29, 0.717) is 17.8 Å². The van der Waals surface area contributed by atoms with Gasteiger partial charge < -0.3 is 9.90 Å². The van der Waals surface area contributed by atoms with E-state index < -0.39 is 0 Å². The first kappa shape index (κ1) is 14.0. The van der Waals surface area contributed by atoms with Gasteiger partial charge in [-0.2, -0.15) is 0 Å². The van der Waals surface area contributed by atoms with Gasteiger partial charge >= 0.3 is 0 Å². The van der Waals surface area contributed by atoms with Gasteiger partial charge in [-0.15, -0.1) is 0 Å². The number of carbonyl (C=O) groups excluding carboxylic acids is 1. The quantitative estimate of drug-likeness (QED) is 0.587. The summed E-state index contributed by atoms with van der Waals surface area (Å²) in [6, 6.07) is 0. The first-order valence-electron chi connectivity index (χ1n) is 8.96. The molecule has 4 rings (SSSR count). The average Bonchev–Trinajstić information content (AvgIpc) is 2.82. The monoisotopic (exact) mass is 288 g/mol. The summed E-state index contributed by atoms with van der Waals surface area (Å²) in [6.07, 6.45) is 13.8. The highest BCUT2D eigenvalue weighted by Crippen LogP contribution is 2.64. The van der Waals surface area contributed by atoms with Crippen molar-refractivity contribution in [3.05, 3.63) is 11.6 Å². The summed E-state index contributed by atoms with van der Waals surface area (Å²) < 4.78 is 0. The molecule has 116 valence electrons. The standard InChI is InChI=1S/C19H28O2/c1-18-11-9-16-14(15(18)7-8-17(18)21)6-5-13-4-2-3-10-19(13,16)12-20/h4,12,14-17,21H,2-3,5-11H2,1H3/t14-,15-,16-,17-,18-,19+/m0/s1. The second-order valence-corrected chi connectivity index (χ2v) is 8.33. The van der Waals surface area contributed by atoms with Crippen LogP contribution in [0.3, 0.4) is 0 Å². The van der Waals surface area contributed by atoms with Crippen LogP contribution in [0.25, 0.3) is 0 Å². The van der Waals surface area contributed by atoms with E-state index in [4.69, 9.17) is 0 Å². The molecular formula is C19H28O2. The third-order valence-corrected chi connectivity index (χ3v) is 7.79. The van der Waals surface area contributed by atoms with E-state index in [1.165, 1.54) is 37.5 Å². The maximum absolute atomic E-state index is 12.1. The number of carbonyl (C=O) groups is 1. The third-order valence-electron chi connectivity index (χ3n) is 7.79. The van der Waals surface area contributed by atoms with Gasteiger partial charge in [-0.3, -0.25) is 0 Å². The molecule has 0 bridgehead atoms. The highest BCUT2D eigenvalue weighted by molar-refractivity contribution is 5.67. The summed E-state index contributed by atoms with van der Waals surface area (Å²) in [5.74, 6) is 1.87. The molecule has 21 heavy (non-hydrogen) atoms. The van der Waals surface area contributed by atoms with E-state index in [9.17, 15) is 9.90 Å². The average molecular weight is 288 g/mol. The van der Waals surface area contributed by atoms with Gasteiger partial charge in [0.15, 0.2) is 0 Å². The minimum Gasteiger partial charge on any atom is -0.393 e. The number of allylic oxidation sites excluding steroid dienone is 2. The second kappa shape index (κ2) is 4.68. The van der Waals surface area contributed by atoms with E-state index in [0.717, 1.165) is 32.1 Å². The van der Waals surface area contributed by atoms with E-state index in [-0.39, 0.29) is 16.9 Å². The summed E-state index contributed by atoms with van der Waals surface area (Å²) in [6.45, 7) is 2.31. The van der Waals surface area contributed by atoms with Gasteiger partial charge in [0.05, 0.1) is 6.10 Å². The van der Waals surface area contributed by atoms with Crippen LogP contribution in [0.2, 0.25) is 0 Å². The molecule has 0 radical (unpaired) electrons. The summed E-state index contributed by atoms with van der Waals surface area (Å²) in [4.78, 5) is 12.1. The highest BCUT2D eigenvalue weighted by atomic mass is 16.3. The summed E-state index contributed by atoms with van der Waals surface area (Å²) >= 11 is 0. The molecule has 6 atom stereocenters. The summed E-state index contributed by atoms with van der Waals surface area (Å²) in [7, 11) is 0. The van der Waals surface area contributed by atoms with Crippen molar-refractivity contribution < 1.29 is 9.90 Å². The zero-order valence-electron chi connectivity index (χ0n) is 13.2. The molecule has 0 saturated heterocycles. The minimum absolute atomic E-state index is 0.112. The van der Waals surface area contributed by atoms with Crippen LogP contribution in [0.1, 0.15) is 64.7 Å². The van der Waals surface area contributed by atoms with Crippen molar-refractivity contribution >= 4 is 6.29 Å². The SMILES string of the molecule is C[C@]12CC[C@H]3[C@@H](CCC4=CCCC[C@@]43C=O)[C@@H]1CC[C@@H]2O. The fourth-order valence-corrected chi connectivity index (χ4v) is 6.63. The Morgan fingerprint density at radius 3 is 2.86 bits per heavy atom. The Balaban J connectivity index is 1.72. The number of aliphatic hydroxyl groups is 1. The van der Waals surface area contributed by atoms with Crippen LogP contribution in [0.4, 0.5) is 0 Å². The van der Waals surface area contributed by atoms with Gasteiger partial charge in [0, 0.05) is 5.41 Å². The molecule has 0 aromatic carbocycles. The lowest BCUT2D eigenvalue weighted by Crippen LogP contribution is -2.52. The van der Waals surface area contributed by atoms with Gasteiger partial charge in [-0.25, -0.2) is 0 Å². The molecule has 0 amide bonds. The molecule has 1 N–H and O–H groups in total. The fourth-order valence-electron chi connectivity index (χ4n) is 6.63. The molecule has 0 aromatic heterocycles. The molecule has 0 aliphatic heterocycles. The number of fused-ring (bicyclic) bond motifs is 5. The van der Waals surface area contributed by atoms with Crippen LogP contribution in [-0.4, -0.2) is 17.5 Å². The van der Waals surface area contributed by atoms with Crippen molar-refractivity contribution in [2.24, 2.45) is 28.6 Å². The van der Waals surface area contributed by atoms with Crippen molar-refractivity contribution in [1.82, 2.24) is 0 Å². The van der Waals surface area contributed by atoms with E-state index in [2.05, 4.69) is 13.0 Å². The highest BCUT2D eigenvalue weighted by Gasteiger charge is 2.59. The molecule has 4 aliphatic rings. The first-order valence-corrected chi connectivity index (χ1v) is 8.96. The topological polar surface area (TPSA) is 37.3 Å². The largest absolute Gasteiger partial charge is 0.393 e. The van der Waals surface area contributed by atoms with Crippen molar-refractivity contribution in [2.75, 3.05) is 0 Å². The van der Waals surface area contributed by atoms with E-state index >= 15 is 0 Å². The third kappa shape index (κ3) is 1.72. The van der Waals surface area contributed by atoms with Crippen molar-refractivity contribution in [1.29, 1.82) is 0 Å². The van der Waals surface area contributed by atoms with Crippen LogP contribution in [-0.2, 0) is 4.79 Å². The normalized spacial score (nSPS) is 52.4. The van der Waals surface area contributed by atoms with Gasteiger partial charge in [0.2, 0.25) is 0 Å². The van der Waals surface area contributed by atoms with Gasteiger partial charge in [-0.05, 0) is 81.0 Å². The fraction of sp³-hybridized carbons (Fsp3) is 0.842. The molecule has 0 aromatic rings. The van der Waals surface area contributed by atoms with Gasteiger partial charge in [-0.1, -0.05) is 18.6 Å². The smallest absolute Gasteiger partial charge is 0.130 e. The Bertz CT molecular complexity index is 482. The Kier molecular flexibility index (Phi) is 3.12. The second-order valence-electron chi connectivity index (χ2n) is 8.33. The lowest BCUT2D eigenvalue weighted by atomic mass is 9.47. The van der Waals surface area contributed by atoms with Gasteiger partial charge in [0.25, 0.3) is 0 Å². The molecule has 0 spiro atoms. The number of aldehydes is 1. The summed E-state index contributed by atoms with van der Waals surface area (Å²) in [5, 5.41) is 10.4. The first-order chi connectivity index (χ1) is 10.1. The molecule has 4 aliphatic carbocycles. The molecule has 2 nitrogen and oxygen atoms in total. The Morgan fingerprint density at radius 1 is 1.19 bits per heavy atom. The summed E-state index contributed by atoms with van der Waals surface area (Å²) in [5.41, 5.74) is 1.46. The minimum atomic E-state index is -0.129. The Hall–Kier alpha value is -0.630. The number of hydrogen-bond donors (Lipinski definition) is 1. The van der Waals surface area contributed by atoms with E-state index in [1.807, 2.05) is 0 Å². The number of rotatable bonds is 1. The van der Waals surface area contributed by atoms with Gasteiger partial charge in [0.1, 0.15) is 6.29 Å². The van der Waals surface area contributed by atoms with Crippen molar-refractivity contribution in [3.8, 4) is 0 Å². The van der Waals surface area contributed by atoms with Crippen LogP contribution in [0, 0.1) is 28.6 Å². The van der Waals surface area contributed by atoms with Crippen LogP contribution < -0.4 is 0 Å². The molecule has 2 heteroatoms. The Morgan fingerprint density at radius 2 is 2.05 bits per heavy atom. The van der Waals surface area contributed by atoms with Crippen molar-refractivity contribution in [3.63, 3.8) is 0 Å². The molecule has 0 heterocycles. The predicted octanol–water partition coefficient (Wildman–Crippen LogP) is 3.88. The molecular weight excluding hydrogens is 260 g/mol. The zero-order valence-corrected chi connectivity index (χ0v) is 13.2.